The van der Waals surface area contributed by atoms with Crippen LogP contribution in [-0.4, -0.2) is 68.2 Å². The van der Waals surface area contributed by atoms with E-state index in [4.69, 9.17) is 9.47 Å². The summed E-state index contributed by atoms with van der Waals surface area (Å²) in [5, 5.41) is 24.6. The predicted octanol–water partition coefficient (Wildman–Crippen LogP) is 5.28. The Kier molecular flexibility index (Phi) is 15.1. The summed E-state index contributed by atoms with van der Waals surface area (Å²) in [6.07, 6.45) is 0. The molecule has 0 radical (unpaired) electrons. The van der Waals surface area contributed by atoms with Crippen LogP contribution in [0.15, 0.2) is 126 Å². The number of aliphatic imine (C=N–C) groups is 2. The third-order valence-electron chi connectivity index (χ3n) is 7.03. The number of halogens is 1. The zero-order valence-corrected chi connectivity index (χ0v) is 28.3. The van der Waals surface area contributed by atoms with E-state index in [1.807, 2.05) is 18.2 Å². The lowest BCUT2D eigenvalue weighted by molar-refractivity contribution is 0.0512. The van der Waals surface area contributed by atoms with Crippen molar-refractivity contribution in [1.82, 2.24) is 16.0 Å². The van der Waals surface area contributed by atoms with Gasteiger partial charge in [0.15, 0.2) is 0 Å². The number of nitrogens with zero attached hydrogens (tertiary/aromatic N) is 2. The van der Waals surface area contributed by atoms with Gasteiger partial charge in [0.25, 0.3) is 11.8 Å². The van der Waals surface area contributed by atoms with Gasteiger partial charge in [0, 0.05) is 41.2 Å². The van der Waals surface area contributed by atoms with Crippen molar-refractivity contribution in [3.8, 4) is 5.75 Å². The van der Waals surface area contributed by atoms with Gasteiger partial charge in [-0.15, -0.1) is 0 Å². The normalized spacial score (nSPS) is 11.4. The highest BCUT2D eigenvalue weighted by atomic mass is 19.1. The van der Waals surface area contributed by atoms with Crippen LogP contribution in [0.5, 0.6) is 5.75 Å². The van der Waals surface area contributed by atoms with Gasteiger partial charge in [0.2, 0.25) is 5.96 Å². The molecule has 51 heavy (non-hydrogen) atoms. The van der Waals surface area contributed by atoms with Crippen molar-refractivity contribution in [2.45, 2.75) is 13.5 Å². The summed E-state index contributed by atoms with van der Waals surface area (Å²) < 4.78 is 25.0. The summed E-state index contributed by atoms with van der Waals surface area (Å²) in [7, 11) is 0. The van der Waals surface area contributed by atoms with Crippen molar-refractivity contribution < 1.29 is 28.6 Å². The van der Waals surface area contributed by atoms with Crippen molar-refractivity contribution in [1.29, 1.82) is 0 Å². The number of nitrogens with one attached hydrogen (secondary N) is 5. The van der Waals surface area contributed by atoms with Gasteiger partial charge in [0.1, 0.15) is 23.2 Å². The van der Waals surface area contributed by atoms with E-state index < -0.39 is 0 Å². The average molecular weight is 696 g/mol. The number of phenolic OH excluding ortho intramolecular Hbond substituents is 1. The highest BCUT2D eigenvalue weighted by Crippen LogP contribution is 2.15. The molecule has 0 aliphatic rings. The minimum absolute atomic E-state index is 0.0756. The van der Waals surface area contributed by atoms with Crippen LogP contribution < -0.4 is 26.6 Å². The number of carbonyl (C=O) groups is 2. The first kappa shape index (κ1) is 37.8. The average Bonchev–Trinajstić information content (AvgIpc) is 3.13. The topological polar surface area (TPSA) is 158 Å². The Morgan fingerprint density at radius 1 is 0.745 bits per heavy atom. The molecule has 0 bridgehead atoms. The van der Waals surface area contributed by atoms with Gasteiger partial charge in [-0.25, -0.2) is 9.38 Å². The molecule has 4 rings (SSSR count). The van der Waals surface area contributed by atoms with Crippen LogP contribution in [0.4, 0.5) is 15.8 Å². The van der Waals surface area contributed by atoms with Gasteiger partial charge in [0.05, 0.1) is 33.0 Å². The van der Waals surface area contributed by atoms with E-state index in [1.165, 1.54) is 6.07 Å². The Bertz CT molecular complexity index is 1780. The minimum atomic E-state index is -0.376. The molecule has 0 aromatic heterocycles. The van der Waals surface area contributed by atoms with Crippen LogP contribution in [0.25, 0.3) is 0 Å². The first-order valence-electron chi connectivity index (χ1n) is 16.3. The lowest BCUT2D eigenvalue weighted by Crippen LogP contribution is -2.33. The maximum Gasteiger partial charge on any atom is 0.251 e. The fourth-order valence-corrected chi connectivity index (χ4v) is 4.46. The Balaban J connectivity index is 1.21. The molecule has 0 aliphatic carbocycles. The number of hydrogen-bond acceptors (Lipinski definition) is 7. The maximum absolute atomic E-state index is 13.9. The second-order valence-corrected chi connectivity index (χ2v) is 11.0. The summed E-state index contributed by atoms with van der Waals surface area (Å²) in [5.74, 6) is 0.446. The van der Waals surface area contributed by atoms with Crippen LogP contribution in [-0.2, 0) is 16.0 Å². The van der Waals surface area contributed by atoms with Gasteiger partial charge in [-0.3, -0.25) is 14.6 Å². The number of phenols is 1. The minimum Gasteiger partial charge on any atom is -0.508 e. The van der Waals surface area contributed by atoms with Crippen molar-refractivity contribution in [2.75, 3.05) is 50.2 Å². The van der Waals surface area contributed by atoms with E-state index in [-0.39, 0.29) is 29.9 Å². The van der Waals surface area contributed by atoms with Crippen LogP contribution in [0.1, 0.15) is 33.2 Å². The molecular formula is C38H42FN7O5. The number of ether oxygens (including phenoxy) is 2. The summed E-state index contributed by atoms with van der Waals surface area (Å²) >= 11 is 0. The van der Waals surface area contributed by atoms with Gasteiger partial charge in [-0.2, -0.15) is 0 Å². The summed E-state index contributed by atoms with van der Waals surface area (Å²) in [6, 6.07) is 28.5. The number of anilines is 2. The van der Waals surface area contributed by atoms with E-state index in [2.05, 4.69) is 43.1 Å². The van der Waals surface area contributed by atoms with E-state index in [9.17, 15) is 19.1 Å². The van der Waals surface area contributed by atoms with Crippen molar-refractivity contribution >= 4 is 35.0 Å². The maximum atomic E-state index is 13.9. The monoisotopic (exact) mass is 695 g/mol. The Morgan fingerprint density at radius 2 is 1.35 bits per heavy atom. The molecular weight excluding hydrogens is 653 g/mol. The Morgan fingerprint density at radius 3 is 2.08 bits per heavy atom. The Labute approximate surface area is 296 Å². The van der Waals surface area contributed by atoms with E-state index in [1.54, 1.807) is 85.8 Å². The first-order valence-corrected chi connectivity index (χ1v) is 16.3. The predicted molar refractivity (Wildman–Crippen MR) is 197 cm³/mol. The molecule has 0 saturated carbocycles. The van der Waals surface area contributed by atoms with Crippen LogP contribution in [0.2, 0.25) is 0 Å². The molecule has 0 unspecified atom stereocenters. The largest absolute Gasteiger partial charge is 0.508 e. The molecule has 0 fully saturated rings. The van der Waals surface area contributed by atoms with E-state index >= 15 is 0 Å². The lowest BCUT2D eigenvalue weighted by Gasteiger charge is -2.16. The second kappa shape index (κ2) is 20.5. The van der Waals surface area contributed by atoms with Crippen LogP contribution >= 0.6 is 0 Å². The SMILES string of the molecule is C=C(NC(=NC(C)=NCCOCCOCCNC(=O)c1ccccc1)Nc1ccc(O)cc1)Nc1ccc(C(=O)NCc2ccccc2F)cc1. The molecule has 0 atom stereocenters. The van der Waals surface area contributed by atoms with E-state index in [0.717, 1.165) is 0 Å². The molecule has 6 N–H and O–H groups in total. The third-order valence-corrected chi connectivity index (χ3v) is 7.03. The van der Waals surface area contributed by atoms with Gasteiger partial charge in [-0.05, 0) is 73.7 Å². The summed E-state index contributed by atoms with van der Waals surface area (Å²) in [6.45, 7) is 8.13. The van der Waals surface area contributed by atoms with Gasteiger partial charge >= 0.3 is 0 Å². The third kappa shape index (κ3) is 13.8. The summed E-state index contributed by atoms with van der Waals surface area (Å²) in [5.41, 5.74) is 2.74. The molecule has 0 saturated heterocycles. The number of aromatic hydroxyl groups is 1. The zero-order valence-electron chi connectivity index (χ0n) is 28.3. The molecule has 13 heteroatoms. The zero-order chi connectivity index (χ0) is 36.3. The number of amidine groups is 1. The first-order chi connectivity index (χ1) is 24.8. The number of guanidine groups is 1. The van der Waals surface area contributed by atoms with Gasteiger partial charge < -0.3 is 41.2 Å². The highest BCUT2D eigenvalue weighted by Gasteiger charge is 2.09. The Hall–Kier alpha value is -6.05. The van der Waals surface area contributed by atoms with Crippen LogP contribution in [0, 0.1) is 5.82 Å². The number of rotatable bonds is 17. The highest BCUT2D eigenvalue weighted by molar-refractivity contribution is 6.02. The molecule has 266 valence electrons. The molecule has 0 heterocycles. The number of amides is 2. The summed E-state index contributed by atoms with van der Waals surface area (Å²) in [4.78, 5) is 33.6. The number of benzene rings is 4. The van der Waals surface area contributed by atoms with Crippen molar-refractivity contribution in [2.24, 2.45) is 9.98 Å². The number of carbonyl (C=O) groups excluding carboxylic acids is 2. The van der Waals surface area contributed by atoms with Crippen LogP contribution in [0.3, 0.4) is 0 Å². The lowest BCUT2D eigenvalue weighted by atomic mass is 10.1. The van der Waals surface area contributed by atoms with Crippen molar-refractivity contribution in [3.05, 3.63) is 138 Å². The molecule has 4 aromatic rings. The standard InChI is InChI=1S/C38H42FN7O5/c1-27(40-20-22-50-24-25-51-23-21-41-36(48)29-8-4-3-5-9-29)44-38(46-33-16-18-34(47)19-17-33)45-28(2)43-32-14-12-30(13-15-32)37(49)42-26-31-10-6-7-11-35(31)39/h3-19,43,47H,2,20-26H2,1H3,(H,41,48)(H,42,49)(H2,40,44,45,46). The molecule has 0 aliphatic heterocycles. The van der Waals surface area contributed by atoms with Gasteiger partial charge in [-0.1, -0.05) is 43.0 Å². The molecule has 2 amide bonds. The molecule has 12 nitrogen and oxygen atoms in total. The van der Waals surface area contributed by atoms with E-state index in [0.29, 0.717) is 85.2 Å². The van der Waals surface area contributed by atoms with Crippen molar-refractivity contribution in [3.63, 3.8) is 0 Å². The fourth-order valence-electron chi connectivity index (χ4n) is 4.46. The quantitative estimate of drug-likeness (QED) is 0.0377. The smallest absolute Gasteiger partial charge is 0.251 e. The number of hydrogen-bond donors (Lipinski definition) is 6. The molecule has 4 aromatic carbocycles. The molecule has 0 spiro atoms. The second-order valence-electron chi connectivity index (χ2n) is 11.0. The fraction of sp³-hybridized carbons (Fsp3) is 0.211.